The third-order valence-electron chi connectivity index (χ3n) is 3.15. The van der Waals surface area contributed by atoms with E-state index in [4.69, 9.17) is 4.74 Å². The van der Waals surface area contributed by atoms with Gasteiger partial charge in [0.1, 0.15) is 0 Å². The van der Waals surface area contributed by atoms with Crippen LogP contribution in [0.15, 0.2) is 0 Å². The first-order chi connectivity index (χ1) is 6.74. The molecule has 0 saturated heterocycles. The Hall–Kier alpha value is -0.0800. The van der Waals surface area contributed by atoms with Crippen LogP contribution >= 0.6 is 0 Å². The molecule has 0 aromatic carbocycles. The summed E-state index contributed by atoms with van der Waals surface area (Å²) in [7, 11) is 0. The monoisotopic (exact) mass is 199 g/mol. The molecule has 1 fully saturated rings. The molecule has 2 nitrogen and oxygen atoms in total. The van der Waals surface area contributed by atoms with Crippen LogP contribution in [0.2, 0.25) is 0 Å². The molecule has 1 rings (SSSR count). The summed E-state index contributed by atoms with van der Waals surface area (Å²) in [4.78, 5) is 0. The molecule has 0 aliphatic heterocycles. The van der Waals surface area contributed by atoms with Gasteiger partial charge in [-0.2, -0.15) is 0 Å². The van der Waals surface area contributed by atoms with Crippen molar-refractivity contribution in [1.29, 1.82) is 0 Å². The van der Waals surface area contributed by atoms with Crippen LogP contribution in [0.1, 0.15) is 46.5 Å². The summed E-state index contributed by atoms with van der Waals surface area (Å²) in [5.74, 6) is 0.762. The van der Waals surface area contributed by atoms with E-state index in [0.29, 0.717) is 12.1 Å². The topological polar surface area (TPSA) is 21.3 Å². The molecule has 3 atom stereocenters. The van der Waals surface area contributed by atoms with Gasteiger partial charge in [0.15, 0.2) is 0 Å². The zero-order valence-corrected chi connectivity index (χ0v) is 9.88. The first-order valence-electron chi connectivity index (χ1n) is 6.09. The molecule has 2 heteroatoms. The SMILES string of the molecule is CCNC(C)COC1CCCCC1C. The fourth-order valence-electron chi connectivity index (χ4n) is 2.21. The number of rotatable bonds is 5. The summed E-state index contributed by atoms with van der Waals surface area (Å²) >= 11 is 0. The largest absolute Gasteiger partial charge is 0.376 e. The molecule has 0 radical (unpaired) electrons. The Labute approximate surface area is 88.4 Å². The molecule has 3 unspecified atom stereocenters. The molecular weight excluding hydrogens is 174 g/mol. The van der Waals surface area contributed by atoms with Gasteiger partial charge in [0.05, 0.1) is 12.7 Å². The van der Waals surface area contributed by atoms with Gasteiger partial charge in [-0.15, -0.1) is 0 Å². The van der Waals surface area contributed by atoms with Crippen molar-refractivity contribution in [3.8, 4) is 0 Å². The van der Waals surface area contributed by atoms with E-state index in [1.165, 1.54) is 25.7 Å². The number of ether oxygens (including phenoxy) is 1. The quantitative estimate of drug-likeness (QED) is 0.735. The van der Waals surface area contributed by atoms with Gasteiger partial charge >= 0.3 is 0 Å². The van der Waals surface area contributed by atoms with Crippen molar-refractivity contribution >= 4 is 0 Å². The Morgan fingerprint density at radius 1 is 1.36 bits per heavy atom. The summed E-state index contributed by atoms with van der Waals surface area (Å²) < 4.78 is 5.95. The van der Waals surface area contributed by atoms with Gasteiger partial charge in [0.2, 0.25) is 0 Å². The fourth-order valence-corrected chi connectivity index (χ4v) is 2.21. The smallest absolute Gasteiger partial charge is 0.0620 e. The lowest BCUT2D eigenvalue weighted by molar-refractivity contribution is -0.0128. The van der Waals surface area contributed by atoms with E-state index in [-0.39, 0.29) is 0 Å². The van der Waals surface area contributed by atoms with Crippen LogP contribution in [-0.2, 0) is 4.74 Å². The van der Waals surface area contributed by atoms with E-state index in [2.05, 4.69) is 26.1 Å². The fraction of sp³-hybridized carbons (Fsp3) is 1.00. The third kappa shape index (κ3) is 3.97. The van der Waals surface area contributed by atoms with Crippen LogP contribution in [-0.4, -0.2) is 25.3 Å². The van der Waals surface area contributed by atoms with Crippen molar-refractivity contribution in [2.75, 3.05) is 13.2 Å². The van der Waals surface area contributed by atoms with Crippen molar-refractivity contribution in [1.82, 2.24) is 5.32 Å². The molecule has 0 aromatic heterocycles. The maximum absolute atomic E-state index is 5.95. The number of hydrogen-bond acceptors (Lipinski definition) is 2. The van der Waals surface area contributed by atoms with Gasteiger partial charge in [-0.25, -0.2) is 0 Å². The average Bonchev–Trinajstić information content (AvgIpc) is 2.17. The van der Waals surface area contributed by atoms with Gasteiger partial charge in [0.25, 0.3) is 0 Å². The van der Waals surface area contributed by atoms with E-state index >= 15 is 0 Å². The lowest BCUT2D eigenvalue weighted by Crippen LogP contribution is -2.34. The summed E-state index contributed by atoms with van der Waals surface area (Å²) in [5, 5.41) is 3.37. The molecule has 0 aromatic rings. The van der Waals surface area contributed by atoms with Crippen molar-refractivity contribution in [3.05, 3.63) is 0 Å². The maximum atomic E-state index is 5.95. The average molecular weight is 199 g/mol. The molecular formula is C12H25NO. The first kappa shape index (κ1) is 12.0. The van der Waals surface area contributed by atoms with E-state index in [9.17, 15) is 0 Å². The molecule has 0 heterocycles. The Bertz CT molecular complexity index is 149. The molecule has 1 aliphatic carbocycles. The van der Waals surface area contributed by atoms with Crippen LogP contribution in [0.25, 0.3) is 0 Å². The zero-order valence-electron chi connectivity index (χ0n) is 9.88. The Balaban J connectivity index is 2.15. The molecule has 0 amide bonds. The standard InChI is InChI=1S/C12H25NO/c1-4-13-11(3)9-14-12-8-6-5-7-10(12)2/h10-13H,4-9H2,1-3H3. The Morgan fingerprint density at radius 2 is 2.07 bits per heavy atom. The van der Waals surface area contributed by atoms with E-state index in [1.807, 2.05) is 0 Å². The van der Waals surface area contributed by atoms with E-state index < -0.39 is 0 Å². The second-order valence-electron chi connectivity index (χ2n) is 4.59. The summed E-state index contributed by atoms with van der Waals surface area (Å²) in [6.07, 6.45) is 5.87. The first-order valence-corrected chi connectivity index (χ1v) is 6.09. The molecule has 1 aliphatic rings. The van der Waals surface area contributed by atoms with Crippen molar-refractivity contribution in [2.45, 2.75) is 58.6 Å². The minimum absolute atomic E-state index is 0.495. The number of hydrogen-bond donors (Lipinski definition) is 1. The molecule has 14 heavy (non-hydrogen) atoms. The van der Waals surface area contributed by atoms with Gasteiger partial charge < -0.3 is 10.1 Å². The van der Waals surface area contributed by atoms with Crippen LogP contribution in [0, 0.1) is 5.92 Å². The van der Waals surface area contributed by atoms with Crippen LogP contribution in [0.4, 0.5) is 0 Å². The summed E-state index contributed by atoms with van der Waals surface area (Å²) in [6, 6.07) is 0.495. The number of likely N-dealkylation sites (N-methyl/N-ethyl adjacent to an activating group) is 1. The molecule has 0 spiro atoms. The molecule has 1 N–H and O–H groups in total. The maximum Gasteiger partial charge on any atom is 0.0620 e. The second-order valence-corrected chi connectivity index (χ2v) is 4.59. The highest BCUT2D eigenvalue weighted by atomic mass is 16.5. The highest BCUT2D eigenvalue weighted by Gasteiger charge is 2.21. The lowest BCUT2D eigenvalue weighted by Gasteiger charge is -2.29. The van der Waals surface area contributed by atoms with Crippen molar-refractivity contribution in [2.24, 2.45) is 5.92 Å². The van der Waals surface area contributed by atoms with Gasteiger partial charge in [-0.05, 0) is 32.2 Å². The predicted molar refractivity (Wildman–Crippen MR) is 60.5 cm³/mol. The van der Waals surface area contributed by atoms with Crippen LogP contribution in [0.3, 0.4) is 0 Å². The van der Waals surface area contributed by atoms with E-state index in [1.54, 1.807) is 0 Å². The van der Waals surface area contributed by atoms with Gasteiger partial charge in [-0.1, -0.05) is 26.7 Å². The highest BCUT2D eigenvalue weighted by molar-refractivity contribution is 4.73. The van der Waals surface area contributed by atoms with Crippen LogP contribution < -0.4 is 5.32 Å². The van der Waals surface area contributed by atoms with Gasteiger partial charge in [-0.3, -0.25) is 0 Å². The second kappa shape index (κ2) is 6.41. The summed E-state index contributed by atoms with van der Waals surface area (Å²) in [6.45, 7) is 8.55. The molecule has 84 valence electrons. The normalized spacial score (nSPS) is 30.2. The predicted octanol–water partition coefficient (Wildman–Crippen LogP) is 2.58. The minimum Gasteiger partial charge on any atom is -0.376 e. The van der Waals surface area contributed by atoms with Gasteiger partial charge in [0, 0.05) is 6.04 Å². The molecule has 1 saturated carbocycles. The van der Waals surface area contributed by atoms with Crippen molar-refractivity contribution < 1.29 is 4.74 Å². The third-order valence-corrected chi connectivity index (χ3v) is 3.15. The van der Waals surface area contributed by atoms with Crippen molar-refractivity contribution in [3.63, 3.8) is 0 Å². The lowest BCUT2D eigenvalue weighted by atomic mass is 9.88. The highest BCUT2D eigenvalue weighted by Crippen LogP contribution is 2.26. The number of nitrogens with one attached hydrogen (secondary N) is 1. The van der Waals surface area contributed by atoms with E-state index in [0.717, 1.165) is 19.1 Å². The zero-order chi connectivity index (χ0) is 10.4. The molecule has 0 bridgehead atoms. The Morgan fingerprint density at radius 3 is 2.71 bits per heavy atom. The van der Waals surface area contributed by atoms with Crippen LogP contribution in [0.5, 0.6) is 0 Å². The Kier molecular flexibility index (Phi) is 5.49. The summed E-state index contributed by atoms with van der Waals surface area (Å²) in [5.41, 5.74) is 0. The minimum atomic E-state index is 0.495.